The molecule has 0 spiro atoms. The molecule has 0 bridgehead atoms. The van der Waals surface area contributed by atoms with Crippen molar-refractivity contribution in [2.24, 2.45) is 0 Å². The summed E-state index contributed by atoms with van der Waals surface area (Å²) < 4.78 is 0. The second-order valence-electron chi connectivity index (χ2n) is 4.92. The van der Waals surface area contributed by atoms with E-state index >= 15 is 0 Å². The van der Waals surface area contributed by atoms with Crippen molar-refractivity contribution < 1.29 is 0 Å². The third-order valence-corrected chi connectivity index (χ3v) is 3.32. The van der Waals surface area contributed by atoms with Gasteiger partial charge in [-0.2, -0.15) is 0 Å². The number of nitrogens with one attached hydrogen (secondary N) is 1. The molecule has 2 aromatic heterocycles. The lowest BCUT2D eigenvalue weighted by Gasteiger charge is -1.95. The Morgan fingerprint density at radius 2 is 1.55 bits per heavy atom. The average molecular weight is 287 g/mol. The predicted octanol–water partition coefficient (Wildman–Crippen LogP) is 4.24. The lowest BCUT2D eigenvalue weighted by atomic mass is 10.1. The Morgan fingerprint density at radius 3 is 2.27 bits per heavy atom. The molecule has 0 aliphatic rings. The monoisotopic (exact) mass is 287 g/mol. The molecule has 0 fully saturated rings. The number of hydrogen-bond donors (Lipinski definition) is 1. The zero-order valence-electron chi connectivity index (χ0n) is 12.2. The fourth-order valence-corrected chi connectivity index (χ4v) is 2.21. The van der Waals surface area contributed by atoms with Crippen molar-refractivity contribution in [1.82, 2.24) is 15.0 Å². The minimum absolute atomic E-state index is 0.883. The minimum atomic E-state index is 0.883. The van der Waals surface area contributed by atoms with E-state index in [4.69, 9.17) is 0 Å². The summed E-state index contributed by atoms with van der Waals surface area (Å²) in [4.78, 5) is 11.2. The number of aromatic nitrogens is 3. The number of hydrogen-bond acceptors (Lipinski definition) is 2. The fourth-order valence-electron chi connectivity index (χ4n) is 2.21. The van der Waals surface area contributed by atoms with E-state index in [2.05, 4.69) is 39.2 Å². The van der Waals surface area contributed by atoms with E-state index in [1.54, 1.807) is 6.20 Å². The molecular weight excluding hydrogens is 270 g/mol. The molecule has 4 rings (SSSR count). The second-order valence-corrected chi connectivity index (χ2v) is 4.92. The van der Waals surface area contributed by atoms with Gasteiger partial charge in [-0.15, -0.1) is 0 Å². The maximum absolute atomic E-state index is 4.16. The van der Waals surface area contributed by atoms with Crippen LogP contribution in [0.3, 0.4) is 0 Å². The average Bonchev–Trinajstić information content (AvgIpc) is 3.10. The highest BCUT2D eigenvalue weighted by molar-refractivity contribution is 5.80. The number of nitrogens with zero attached hydrogens (tertiary/aromatic N) is 2. The van der Waals surface area contributed by atoms with E-state index in [1.165, 1.54) is 16.3 Å². The van der Waals surface area contributed by atoms with Gasteiger partial charge in [0.1, 0.15) is 5.82 Å². The zero-order valence-corrected chi connectivity index (χ0v) is 12.2. The first-order valence-corrected chi connectivity index (χ1v) is 7.23. The van der Waals surface area contributed by atoms with Crippen molar-refractivity contribution in [3.8, 4) is 0 Å². The molecular formula is C19H17N3. The fraction of sp³-hybridized carbons (Fsp3) is 0.0526. The molecule has 2 heterocycles. The first-order valence-electron chi connectivity index (χ1n) is 7.23. The van der Waals surface area contributed by atoms with E-state index in [9.17, 15) is 0 Å². The van der Waals surface area contributed by atoms with Gasteiger partial charge < -0.3 is 4.98 Å². The molecule has 0 aliphatic carbocycles. The summed E-state index contributed by atoms with van der Waals surface area (Å²) in [6, 6.07) is 20.5. The summed E-state index contributed by atoms with van der Waals surface area (Å²) in [5, 5.41) is 2.45. The Morgan fingerprint density at radius 1 is 0.773 bits per heavy atom. The summed E-state index contributed by atoms with van der Waals surface area (Å²) in [6.45, 7) is 0. The van der Waals surface area contributed by atoms with Crippen molar-refractivity contribution in [2.75, 3.05) is 0 Å². The smallest absolute Gasteiger partial charge is 0.110 e. The van der Waals surface area contributed by atoms with Crippen LogP contribution in [0.2, 0.25) is 0 Å². The molecule has 0 saturated carbocycles. The highest BCUT2D eigenvalue weighted by Gasteiger charge is 1.95. The highest BCUT2D eigenvalue weighted by atomic mass is 14.9. The van der Waals surface area contributed by atoms with E-state index in [1.807, 2.05) is 55.0 Å². The largest absolute Gasteiger partial charge is 0.348 e. The Labute approximate surface area is 129 Å². The van der Waals surface area contributed by atoms with Crippen LogP contribution in [0.25, 0.3) is 10.8 Å². The van der Waals surface area contributed by atoms with Crippen molar-refractivity contribution in [2.45, 2.75) is 6.42 Å². The Balaban J connectivity index is 0.000000133. The van der Waals surface area contributed by atoms with Crippen LogP contribution in [0.1, 0.15) is 11.4 Å². The van der Waals surface area contributed by atoms with E-state index in [0.717, 1.165) is 12.2 Å². The SMILES string of the molecule is c1ccc(Cc2ncc[nH]2)cc1.c1ccc2cnccc2c1. The molecule has 0 aliphatic heterocycles. The van der Waals surface area contributed by atoms with Gasteiger partial charge in [0.15, 0.2) is 0 Å². The van der Waals surface area contributed by atoms with Crippen molar-refractivity contribution in [1.29, 1.82) is 0 Å². The summed E-state index contributed by atoms with van der Waals surface area (Å²) in [6.07, 6.45) is 8.18. The van der Waals surface area contributed by atoms with Crippen LogP contribution in [0.4, 0.5) is 0 Å². The molecule has 108 valence electrons. The number of H-pyrrole nitrogens is 1. The Bertz CT molecular complexity index is 743. The van der Waals surface area contributed by atoms with Crippen molar-refractivity contribution in [3.05, 3.63) is 96.8 Å². The molecule has 1 N–H and O–H groups in total. The van der Waals surface area contributed by atoms with Gasteiger partial charge in [0.05, 0.1) is 0 Å². The Kier molecular flexibility index (Phi) is 4.57. The molecule has 3 heteroatoms. The van der Waals surface area contributed by atoms with Gasteiger partial charge in [-0.05, 0) is 22.4 Å². The van der Waals surface area contributed by atoms with Crippen LogP contribution in [0.5, 0.6) is 0 Å². The van der Waals surface area contributed by atoms with Crippen LogP contribution in [0, 0.1) is 0 Å². The molecule has 0 saturated heterocycles. The van der Waals surface area contributed by atoms with E-state index < -0.39 is 0 Å². The molecule has 22 heavy (non-hydrogen) atoms. The third-order valence-electron chi connectivity index (χ3n) is 3.32. The standard InChI is InChI=1S/C10H10N2.C9H7N/c1-2-4-9(5-3-1)8-10-11-6-7-12-10;1-2-4-9-7-10-6-5-8(9)3-1/h1-7H,8H2,(H,11,12);1-7H. The maximum atomic E-state index is 4.16. The first-order chi connectivity index (χ1) is 10.9. The van der Waals surface area contributed by atoms with Gasteiger partial charge in [0.25, 0.3) is 0 Å². The predicted molar refractivity (Wildman–Crippen MR) is 89.6 cm³/mol. The van der Waals surface area contributed by atoms with Crippen LogP contribution >= 0.6 is 0 Å². The molecule has 0 unspecified atom stereocenters. The third kappa shape index (κ3) is 3.79. The van der Waals surface area contributed by atoms with E-state index in [-0.39, 0.29) is 0 Å². The number of imidazole rings is 1. The number of pyridine rings is 1. The first kappa shape index (κ1) is 14.0. The summed E-state index contributed by atoms with van der Waals surface area (Å²) in [7, 11) is 0. The number of benzene rings is 2. The maximum Gasteiger partial charge on any atom is 0.110 e. The molecule has 3 nitrogen and oxygen atoms in total. The number of rotatable bonds is 2. The topological polar surface area (TPSA) is 41.6 Å². The normalized spacial score (nSPS) is 10.0. The van der Waals surface area contributed by atoms with Crippen LogP contribution in [-0.4, -0.2) is 15.0 Å². The summed E-state index contributed by atoms with van der Waals surface area (Å²) in [5.74, 6) is 1.02. The van der Waals surface area contributed by atoms with Crippen LogP contribution < -0.4 is 0 Å². The number of aromatic amines is 1. The van der Waals surface area contributed by atoms with Gasteiger partial charge in [-0.25, -0.2) is 4.98 Å². The number of fused-ring (bicyclic) bond motifs is 1. The molecule has 0 radical (unpaired) electrons. The van der Waals surface area contributed by atoms with Gasteiger partial charge >= 0.3 is 0 Å². The van der Waals surface area contributed by atoms with Gasteiger partial charge in [-0.3, -0.25) is 4.98 Å². The second kappa shape index (κ2) is 7.18. The van der Waals surface area contributed by atoms with Crippen molar-refractivity contribution in [3.63, 3.8) is 0 Å². The summed E-state index contributed by atoms with van der Waals surface area (Å²) in [5.41, 5.74) is 1.28. The lowest BCUT2D eigenvalue weighted by molar-refractivity contribution is 1.03. The lowest BCUT2D eigenvalue weighted by Crippen LogP contribution is -1.89. The van der Waals surface area contributed by atoms with E-state index in [0.29, 0.717) is 0 Å². The molecule has 0 amide bonds. The van der Waals surface area contributed by atoms with Crippen LogP contribution in [-0.2, 0) is 6.42 Å². The quantitative estimate of drug-likeness (QED) is 0.599. The van der Waals surface area contributed by atoms with Crippen LogP contribution in [0.15, 0.2) is 85.5 Å². The summed E-state index contributed by atoms with van der Waals surface area (Å²) >= 11 is 0. The van der Waals surface area contributed by atoms with Gasteiger partial charge in [0, 0.05) is 31.2 Å². The van der Waals surface area contributed by atoms with Gasteiger partial charge in [-0.1, -0.05) is 54.6 Å². The van der Waals surface area contributed by atoms with Crippen molar-refractivity contribution >= 4 is 10.8 Å². The Hall–Kier alpha value is -2.94. The molecule has 2 aromatic carbocycles. The molecule has 0 atom stereocenters. The highest BCUT2D eigenvalue weighted by Crippen LogP contribution is 2.09. The minimum Gasteiger partial charge on any atom is -0.348 e. The van der Waals surface area contributed by atoms with Gasteiger partial charge in [0.2, 0.25) is 0 Å². The molecule has 4 aromatic rings. The zero-order chi connectivity index (χ0) is 15.0.